The molecule has 1 atom stereocenters. The Bertz CT molecular complexity index is 942. The highest BCUT2D eigenvalue weighted by Gasteiger charge is 2.19. The summed E-state index contributed by atoms with van der Waals surface area (Å²) in [5.41, 5.74) is 5.61. The van der Waals surface area contributed by atoms with Crippen LogP contribution in [0.15, 0.2) is 78.9 Å². The lowest BCUT2D eigenvalue weighted by molar-refractivity contribution is 0.0954. The molecule has 0 spiro atoms. The summed E-state index contributed by atoms with van der Waals surface area (Å²) in [5.74, 6) is -0.0195. The first-order valence-electron chi connectivity index (χ1n) is 11.0. The summed E-state index contributed by atoms with van der Waals surface area (Å²) in [5, 5.41) is 3.04. The molecule has 1 amide bonds. The first-order chi connectivity index (χ1) is 14.7. The van der Waals surface area contributed by atoms with Gasteiger partial charge in [-0.1, -0.05) is 66.7 Å². The van der Waals surface area contributed by atoms with Crippen LogP contribution in [0.25, 0.3) is 11.1 Å². The monoisotopic (exact) mass is 398 g/mol. The molecule has 3 heteroatoms. The predicted molar refractivity (Wildman–Crippen MR) is 124 cm³/mol. The summed E-state index contributed by atoms with van der Waals surface area (Å²) < 4.78 is 0. The zero-order valence-corrected chi connectivity index (χ0v) is 17.7. The average Bonchev–Trinajstić information content (AvgIpc) is 3.35. The van der Waals surface area contributed by atoms with Gasteiger partial charge in [0, 0.05) is 18.2 Å². The van der Waals surface area contributed by atoms with Gasteiger partial charge in [0.05, 0.1) is 0 Å². The molecule has 0 bridgehead atoms. The molecule has 154 valence electrons. The van der Waals surface area contributed by atoms with Crippen molar-refractivity contribution in [3.63, 3.8) is 0 Å². The van der Waals surface area contributed by atoms with Crippen LogP contribution in [-0.2, 0) is 6.42 Å². The SMILES string of the molecule is CC(c1ccc(CCNC(=O)c2ccc(-c3ccccc3)cc2)cc1)N1CCCC1. The van der Waals surface area contributed by atoms with Crippen LogP contribution < -0.4 is 5.32 Å². The van der Waals surface area contributed by atoms with Crippen molar-refractivity contribution >= 4 is 5.91 Å². The second-order valence-corrected chi connectivity index (χ2v) is 8.11. The lowest BCUT2D eigenvalue weighted by Gasteiger charge is -2.24. The van der Waals surface area contributed by atoms with Crippen molar-refractivity contribution in [2.75, 3.05) is 19.6 Å². The molecule has 3 nitrogen and oxygen atoms in total. The van der Waals surface area contributed by atoms with Gasteiger partial charge in [-0.15, -0.1) is 0 Å². The molecule has 0 aromatic heterocycles. The minimum Gasteiger partial charge on any atom is -0.352 e. The van der Waals surface area contributed by atoms with Crippen LogP contribution in [0.2, 0.25) is 0 Å². The van der Waals surface area contributed by atoms with E-state index in [-0.39, 0.29) is 5.91 Å². The van der Waals surface area contributed by atoms with E-state index in [0.717, 1.165) is 17.5 Å². The number of carbonyl (C=O) groups excluding carboxylic acids is 1. The van der Waals surface area contributed by atoms with Gasteiger partial charge in [0.2, 0.25) is 0 Å². The van der Waals surface area contributed by atoms with Crippen molar-refractivity contribution in [2.24, 2.45) is 0 Å². The Morgan fingerprint density at radius 1 is 0.867 bits per heavy atom. The Hall–Kier alpha value is -2.91. The fourth-order valence-electron chi connectivity index (χ4n) is 4.17. The van der Waals surface area contributed by atoms with E-state index in [1.807, 2.05) is 42.5 Å². The summed E-state index contributed by atoms with van der Waals surface area (Å²) in [6, 6.07) is 27.4. The van der Waals surface area contributed by atoms with E-state index in [1.165, 1.54) is 37.1 Å². The van der Waals surface area contributed by atoms with E-state index in [1.54, 1.807) is 0 Å². The number of benzene rings is 3. The van der Waals surface area contributed by atoms with Gasteiger partial charge >= 0.3 is 0 Å². The minimum atomic E-state index is -0.0195. The first kappa shape index (κ1) is 20.4. The van der Waals surface area contributed by atoms with Gasteiger partial charge in [0.25, 0.3) is 5.91 Å². The number of hydrogen-bond acceptors (Lipinski definition) is 2. The Kier molecular flexibility index (Phi) is 6.60. The van der Waals surface area contributed by atoms with Gasteiger partial charge < -0.3 is 5.32 Å². The maximum absolute atomic E-state index is 12.5. The standard InChI is InChI=1S/C27H30N2O/c1-21(29-19-5-6-20-29)23-11-9-22(10-12-23)17-18-28-27(30)26-15-13-25(14-16-26)24-7-3-2-4-8-24/h2-4,7-16,21H,5-6,17-20H2,1H3,(H,28,30). The molecule has 4 rings (SSSR count). The van der Waals surface area contributed by atoms with Crippen molar-refractivity contribution in [1.29, 1.82) is 0 Å². The Morgan fingerprint density at radius 3 is 2.17 bits per heavy atom. The van der Waals surface area contributed by atoms with Crippen molar-refractivity contribution in [3.05, 3.63) is 95.6 Å². The minimum absolute atomic E-state index is 0.0195. The van der Waals surface area contributed by atoms with Gasteiger partial charge in [0.1, 0.15) is 0 Å². The summed E-state index contributed by atoms with van der Waals surface area (Å²) in [7, 11) is 0. The fourth-order valence-corrected chi connectivity index (χ4v) is 4.17. The number of likely N-dealkylation sites (tertiary alicyclic amines) is 1. The normalized spacial score (nSPS) is 15.1. The topological polar surface area (TPSA) is 32.3 Å². The molecule has 3 aromatic carbocycles. The number of hydrogen-bond donors (Lipinski definition) is 1. The smallest absolute Gasteiger partial charge is 0.251 e. The van der Waals surface area contributed by atoms with Crippen LogP contribution in [0.3, 0.4) is 0 Å². The first-order valence-corrected chi connectivity index (χ1v) is 11.0. The van der Waals surface area contributed by atoms with E-state index in [2.05, 4.69) is 53.5 Å². The van der Waals surface area contributed by atoms with Crippen molar-refractivity contribution in [1.82, 2.24) is 10.2 Å². The molecule has 1 fully saturated rings. The largest absolute Gasteiger partial charge is 0.352 e. The third-order valence-electron chi connectivity index (χ3n) is 6.10. The van der Waals surface area contributed by atoms with Gasteiger partial charge in [0.15, 0.2) is 0 Å². The highest BCUT2D eigenvalue weighted by atomic mass is 16.1. The van der Waals surface area contributed by atoms with E-state index in [9.17, 15) is 4.79 Å². The summed E-state index contributed by atoms with van der Waals surface area (Å²) in [4.78, 5) is 15.0. The molecule has 30 heavy (non-hydrogen) atoms. The zero-order chi connectivity index (χ0) is 20.8. The van der Waals surface area contributed by atoms with Crippen LogP contribution in [0.1, 0.15) is 47.3 Å². The second-order valence-electron chi connectivity index (χ2n) is 8.11. The molecule has 1 aliphatic rings. The Balaban J connectivity index is 1.27. The van der Waals surface area contributed by atoms with Crippen molar-refractivity contribution < 1.29 is 4.79 Å². The van der Waals surface area contributed by atoms with Gasteiger partial charge in [-0.25, -0.2) is 0 Å². The van der Waals surface area contributed by atoms with E-state index >= 15 is 0 Å². The van der Waals surface area contributed by atoms with Crippen molar-refractivity contribution in [2.45, 2.75) is 32.2 Å². The maximum Gasteiger partial charge on any atom is 0.251 e. The average molecular weight is 399 g/mol. The third kappa shape index (κ3) is 4.98. The second kappa shape index (κ2) is 9.73. The van der Waals surface area contributed by atoms with E-state index in [0.29, 0.717) is 18.2 Å². The number of nitrogens with one attached hydrogen (secondary N) is 1. The number of nitrogens with zero attached hydrogens (tertiary/aromatic N) is 1. The van der Waals surface area contributed by atoms with Crippen LogP contribution in [0, 0.1) is 0 Å². The quantitative estimate of drug-likeness (QED) is 0.571. The van der Waals surface area contributed by atoms with Gasteiger partial charge in [-0.2, -0.15) is 0 Å². The molecule has 1 aliphatic heterocycles. The highest BCUT2D eigenvalue weighted by molar-refractivity contribution is 5.94. The lowest BCUT2D eigenvalue weighted by atomic mass is 10.0. The maximum atomic E-state index is 12.5. The highest BCUT2D eigenvalue weighted by Crippen LogP contribution is 2.24. The summed E-state index contributed by atoms with van der Waals surface area (Å²) >= 11 is 0. The third-order valence-corrected chi connectivity index (χ3v) is 6.10. The van der Waals surface area contributed by atoms with Crippen LogP contribution >= 0.6 is 0 Å². The van der Waals surface area contributed by atoms with Gasteiger partial charge in [-0.05, 0) is 73.7 Å². The molecule has 0 saturated carbocycles. The molecule has 1 N–H and O–H groups in total. The van der Waals surface area contributed by atoms with Crippen molar-refractivity contribution in [3.8, 4) is 11.1 Å². The summed E-state index contributed by atoms with van der Waals surface area (Å²) in [6.07, 6.45) is 3.47. The number of amides is 1. The fraction of sp³-hybridized carbons (Fsp3) is 0.296. The molecule has 0 radical (unpaired) electrons. The molecule has 1 saturated heterocycles. The molecule has 1 unspecified atom stereocenters. The Labute approximate surface area is 179 Å². The van der Waals surface area contributed by atoms with Crippen LogP contribution in [0.4, 0.5) is 0 Å². The molecular weight excluding hydrogens is 368 g/mol. The molecular formula is C27H30N2O. The predicted octanol–water partition coefficient (Wildman–Crippen LogP) is 5.48. The Morgan fingerprint density at radius 2 is 1.50 bits per heavy atom. The lowest BCUT2D eigenvalue weighted by Crippen LogP contribution is -2.25. The number of rotatable bonds is 7. The van der Waals surface area contributed by atoms with E-state index in [4.69, 9.17) is 0 Å². The van der Waals surface area contributed by atoms with E-state index < -0.39 is 0 Å². The summed E-state index contributed by atoms with van der Waals surface area (Å²) in [6.45, 7) is 5.35. The van der Waals surface area contributed by atoms with Gasteiger partial charge in [-0.3, -0.25) is 9.69 Å². The number of carbonyl (C=O) groups is 1. The zero-order valence-electron chi connectivity index (χ0n) is 17.7. The molecule has 0 aliphatic carbocycles. The van der Waals surface area contributed by atoms with Crippen LogP contribution in [0.5, 0.6) is 0 Å². The van der Waals surface area contributed by atoms with Crippen LogP contribution in [-0.4, -0.2) is 30.4 Å². The molecule has 1 heterocycles. The molecule has 3 aromatic rings.